The second-order valence-electron chi connectivity index (χ2n) is 5.92. The van der Waals surface area contributed by atoms with Gasteiger partial charge in [-0.05, 0) is 37.5 Å². The summed E-state index contributed by atoms with van der Waals surface area (Å²) in [6.45, 7) is 3.76. The average molecular weight is 334 g/mol. The molecule has 0 bridgehead atoms. The highest BCUT2D eigenvalue weighted by Crippen LogP contribution is 2.42. The molecule has 7 heteroatoms. The number of carbonyl (C=O) groups is 2. The van der Waals surface area contributed by atoms with E-state index in [9.17, 15) is 14.7 Å². The number of hydrogen-bond donors (Lipinski definition) is 1. The first-order chi connectivity index (χ1) is 10.9. The van der Waals surface area contributed by atoms with Gasteiger partial charge in [0, 0.05) is 6.54 Å². The number of benzene rings is 1. The Kier molecular flexibility index (Phi) is 3.58. The van der Waals surface area contributed by atoms with Crippen molar-refractivity contribution in [3.8, 4) is 6.07 Å². The van der Waals surface area contributed by atoms with Crippen LogP contribution >= 0.6 is 11.6 Å². The molecule has 0 saturated carbocycles. The Hall–Kier alpha value is -2.10. The summed E-state index contributed by atoms with van der Waals surface area (Å²) in [5.74, 6) is -0.456. The molecular weight excluding hydrogens is 318 g/mol. The van der Waals surface area contributed by atoms with Gasteiger partial charge in [-0.1, -0.05) is 18.5 Å². The van der Waals surface area contributed by atoms with E-state index in [1.807, 2.05) is 13.0 Å². The van der Waals surface area contributed by atoms with E-state index < -0.39 is 23.6 Å². The summed E-state index contributed by atoms with van der Waals surface area (Å²) in [6, 6.07) is 4.61. The summed E-state index contributed by atoms with van der Waals surface area (Å²) < 4.78 is 0. The van der Waals surface area contributed by atoms with Crippen molar-refractivity contribution in [1.82, 2.24) is 4.90 Å². The minimum Gasteiger partial charge on any atom is -0.390 e. The third kappa shape index (κ3) is 1.90. The number of nitrogens with zero attached hydrogens (tertiary/aromatic N) is 3. The van der Waals surface area contributed by atoms with Crippen LogP contribution in [0, 0.1) is 11.3 Å². The molecule has 2 aliphatic heterocycles. The van der Waals surface area contributed by atoms with Crippen molar-refractivity contribution in [2.75, 3.05) is 11.4 Å². The smallest absolute Gasteiger partial charge is 0.332 e. The number of anilines is 1. The van der Waals surface area contributed by atoms with E-state index in [0.717, 1.165) is 4.90 Å². The molecule has 1 aromatic rings. The maximum Gasteiger partial charge on any atom is 0.332 e. The van der Waals surface area contributed by atoms with Crippen LogP contribution in [-0.4, -0.2) is 40.1 Å². The number of amides is 3. The number of halogens is 1. The van der Waals surface area contributed by atoms with Gasteiger partial charge in [0.05, 0.1) is 22.4 Å². The number of fused-ring (bicyclic) bond motifs is 1. The van der Waals surface area contributed by atoms with E-state index in [2.05, 4.69) is 0 Å². The summed E-state index contributed by atoms with van der Waals surface area (Å²) >= 11 is 6.24. The van der Waals surface area contributed by atoms with Crippen LogP contribution in [0.5, 0.6) is 0 Å². The summed E-state index contributed by atoms with van der Waals surface area (Å²) in [7, 11) is 0. The van der Waals surface area contributed by atoms with E-state index in [1.165, 1.54) is 11.0 Å². The number of carbonyl (C=O) groups excluding carboxylic acids is 2. The zero-order chi connectivity index (χ0) is 16.9. The molecule has 2 aliphatic rings. The summed E-state index contributed by atoms with van der Waals surface area (Å²) in [4.78, 5) is 28.0. The molecule has 23 heavy (non-hydrogen) atoms. The highest BCUT2D eigenvalue weighted by molar-refractivity contribution is 6.33. The van der Waals surface area contributed by atoms with E-state index >= 15 is 0 Å². The maximum absolute atomic E-state index is 12.9. The number of nitriles is 1. The summed E-state index contributed by atoms with van der Waals surface area (Å²) in [5.41, 5.74) is 0.0294. The zero-order valence-electron chi connectivity index (χ0n) is 12.8. The Morgan fingerprint density at radius 3 is 2.74 bits per heavy atom. The number of aliphatic hydroxyl groups is 1. The lowest BCUT2D eigenvalue weighted by Crippen LogP contribution is -2.49. The average Bonchev–Trinajstić information content (AvgIpc) is 2.93. The van der Waals surface area contributed by atoms with Gasteiger partial charge in [0.1, 0.15) is 11.6 Å². The molecule has 6 nitrogen and oxygen atoms in total. The third-order valence-corrected chi connectivity index (χ3v) is 5.26. The second kappa shape index (κ2) is 5.22. The molecule has 0 spiro atoms. The lowest BCUT2D eigenvalue weighted by molar-refractivity contribution is -0.126. The molecule has 0 aliphatic carbocycles. The van der Waals surface area contributed by atoms with Crippen LogP contribution in [0.2, 0.25) is 5.02 Å². The van der Waals surface area contributed by atoms with Gasteiger partial charge in [-0.25, -0.2) is 9.69 Å². The van der Waals surface area contributed by atoms with Crippen molar-refractivity contribution < 1.29 is 14.7 Å². The fourth-order valence-electron chi connectivity index (χ4n) is 3.39. The largest absolute Gasteiger partial charge is 0.390 e. The molecule has 3 amide bonds. The molecule has 1 aromatic carbocycles. The quantitative estimate of drug-likeness (QED) is 0.840. The van der Waals surface area contributed by atoms with Gasteiger partial charge in [-0.3, -0.25) is 4.79 Å². The zero-order valence-corrected chi connectivity index (χ0v) is 13.6. The van der Waals surface area contributed by atoms with Gasteiger partial charge in [-0.15, -0.1) is 0 Å². The van der Waals surface area contributed by atoms with Crippen LogP contribution in [0.4, 0.5) is 10.5 Å². The predicted octanol–water partition coefficient (Wildman–Crippen LogP) is 2.07. The third-order valence-electron chi connectivity index (χ3n) is 4.83. The molecule has 120 valence electrons. The molecule has 0 unspecified atom stereocenters. The predicted molar refractivity (Wildman–Crippen MR) is 84.2 cm³/mol. The molecule has 0 radical (unpaired) electrons. The first-order valence-electron chi connectivity index (χ1n) is 7.43. The van der Waals surface area contributed by atoms with Crippen molar-refractivity contribution in [3.05, 3.63) is 28.3 Å². The van der Waals surface area contributed by atoms with Gasteiger partial charge in [0.2, 0.25) is 0 Å². The topological polar surface area (TPSA) is 84.6 Å². The standard InChI is InChI=1S/C16H16ClN3O3/c1-3-10-11(5-4-9(8-18)13(10)17)20-14(22)16(2)12(21)6-7-19(16)15(20)23/h4-5,12,21H,3,6-7H2,1-2H3/t12-,16+/m0/s1. The lowest BCUT2D eigenvalue weighted by Gasteiger charge is -2.26. The van der Waals surface area contributed by atoms with E-state index in [0.29, 0.717) is 36.2 Å². The molecule has 2 fully saturated rings. The van der Waals surface area contributed by atoms with Crippen molar-refractivity contribution in [2.24, 2.45) is 0 Å². The molecule has 1 N–H and O–H groups in total. The Bertz CT molecular complexity index is 758. The Labute approximate surface area is 138 Å². The van der Waals surface area contributed by atoms with Crippen molar-refractivity contribution in [3.63, 3.8) is 0 Å². The second-order valence-corrected chi connectivity index (χ2v) is 6.29. The fourth-order valence-corrected chi connectivity index (χ4v) is 3.72. The number of aliphatic hydroxyl groups excluding tert-OH is 1. The molecule has 2 heterocycles. The maximum atomic E-state index is 12.9. The Morgan fingerprint density at radius 1 is 1.48 bits per heavy atom. The normalized spacial score (nSPS) is 26.7. The first kappa shape index (κ1) is 15.8. The minimum absolute atomic E-state index is 0.255. The van der Waals surface area contributed by atoms with Crippen LogP contribution < -0.4 is 4.90 Å². The van der Waals surface area contributed by atoms with Gasteiger partial charge >= 0.3 is 6.03 Å². The molecule has 3 rings (SSSR count). The Morgan fingerprint density at radius 2 is 2.17 bits per heavy atom. The number of imide groups is 1. The van der Waals surface area contributed by atoms with Gasteiger partial charge < -0.3 is 10.0 Å². The van der Waals surface area contributed by atoms with Gasteiger partial charge in [-0.2, -0.15) is 5.26 Å². The van der Waals surface area contributed by atoms with Crippen molar-refractivity contribution >= 4 is 29.2 Å². The van der Waals surface area contributed by atoms with Crippen molar-refractivity contribution in [2.45, 2.75) is 38.3 Å². The van der Waals surface area contributed by atoms with E-state index in [1.54, 1.807) is 13.0 Å². The van der Waals surface area contributed by atoms with Crippen LogP contribution in [0.1, 0.15) is 31.4 Å². The highest BCUT2D eigenvalue weighted by Gasteiger charge is 2.61. The molecule has 0 aromatic heterocycles. The lowest BCUT2D eigenvalue weighted by atomic mass is 9.95. The summed E-state index contributed by atoms with van der Waals surface area (Å²) in [5, 5.41) is 19.5. The molecule has 2 saturated heterocycles. The molecular formula is C16H16ClN3O3. The van der Waals surface area contributed by atoms with Crippen LogP contribution in [-0.2, 0) is 11.2 Å². The number of rotatable bonds is 2. The van der Waals surface area contributed by atoms with Crippen LogP contribution in [0.3, 0.4) is 0 Å². The highest BCUT2D eigenvalue weighted by atomic mass is 35.5. The number of hydrogen-bond acceptors (Lipinski definition) is 4. The SMILES string of the molecule is CCc1c(N2C(=O)N3CC[C@H](O)[C@]3(C)C2=O)ccc(C#N)c1Cl. The monoisotopic (exact) mass is 333 g/mol. The summed E-state index contributed by atoms with van der Waals surface area (Å²) in [6.07, 6.45) is -0.0285. The van der Waals surface area contributed by atoms with Gasteiger partial charge in [0.25, 0.3) is 5.91 Å². The first-order valence-corrected chi connectivity index (χ1v) is 7.81. The number of urea groups is 1. The molecule has 2 atom stereocenters. The van der Waals surface area contributed by atoms with Crippen LogP contribution in [0.15, 0.2) is 12.1 Å². The van der Waals surface area contributed by atoms with E-state index in [4.69, 9.17) is 16.9 Å². The van der Waals surface area contributed by atoms with Crippen LogP contribution in [0.25, 0.3) is 0 Å². The fraction of sp³-hybridized carbons (Fsp3) is 0.438. The van der Waals surface area contributed by atoms with Gasteiger partial charge in [0.15, 0.2) is 0 Å². The minimum atomic E-state index is -1.23. The van der Waals surface area contributed by atoms with E-state index in [-0.39, 0.29) is 5.02 Å². The van der Waals surface area contributed by atoms with Crippen molar-refractivity contribution in [1.29, 1.82) is 5.26 Å². The Balaban J connectivity index is 2.14.